The van der Waals surface area contributed by atoms with Crippen molar-refractivity contribution in [3.63, 3.8) is 0 Å². The summed E-state index contributed by atoms with van der Waals surface area (Å²) in [7, 11) is 0. The van der Waals surface area contributed by atoms with Gasteiger partial charge in [-0.15, -0.1) is 0 Å². The molecule has 0 aromatic rings. The van der Waals surface area contributed by atoms with Crippen LogP contribution in [0.4, 0.5) is 0 Å². The summed E-state index contributed by atoms with van der Waals surface area (Å²) in [6.45, 7) is 12.0. The second-order valence-corrected chi connectivity index (χ2v) is 9.60. The van der Waals surface area contributed by atoms with Crippen LogP contribution < -0.4 is 10.6 Å². The third-order valence-corrected chi connectivity index (χ3v) is 6.40. The average Bonchev–Trinajstić information content (AvgIpc) is 2.77. The maximum atomic E-state index is 4.15. The molecule has 3 aliphatic rings. The lowest BCUT2D eigenvalue weighted by molar-refractivity contribution is 0.0936. The predicted molar refractivity (Wildman–Crippen MR) is 90.5 cm³/mol. The van der Waals surface area contributed by atoms with Crippen molar-refractivity contribution in [3.05, 3.63) is 0 Å². The van der Waals surface area contributed by atoms with E-state index < -0.39 is 0 Å². The molecule has 122 valence electrons. The second kappa shape index (κ2) is 5.53. The van der Waals surface area contributed by atoms with E-state index in [0.717, 1.165) is 23.8 Å². The Hall–Kier alpha value is -0.0800. The Kier molecular flexibility index (Phi) is 4.16. The first-order valence-corrected chi connectivity index (χ1v) is 9.31. The maximum absolute atomic E-state index is 4.15. The number of hydrogen-bond acceptors (Lipinski definition) is 2. The quantitative estimate of drug-likeness (QED) is 0.800. The van der Waals surface area contributed by atoms with E-state index in [1.165, 1.54) is 44.9 Å². The lowest BCUT2D eigenvalue weighted by Gasteiger charge is -2.49. The molecule has 0 aromatic heterocycles. The topological polar surface area (TPSA) is 24.1 Å². The lowest BCUT2D eigenvalue weighted by atomic mass is 9.71. The highest BCUT2D eigenvalue weighted by Gasteiger charge is 2.43. The fourth-order valence-electron chi connectivity index (χ4n) is 5.98. The Labute approximate surface area is 131 Å². The summed E-state index contributed by atoms with van der Waals surface area (Å²) in [4.78, 5) is 0. The van der Waals surface area contributed by atoms with Gasteiger partial charge in [-0.1, -0.05) is 19.8 Å². The minimum absolute atomic E-state index is 0.256. The molecule has 2 saturated carbocycles. The number of nitrogens with one attached hydrogen (secondary N) is 2. The molecule has 0 radical (unpaired) electrons. The normalized spacial score (nSPS) is 42.7. The Balaban J connectivity index is 1.69. The van der Waals surface area contributed by atoms with Crippen molar-refractivity contribution in [2.45, 2.75) is 103 Å². The standard InChI is InChI=1S/C19H36N2/c1-13-9-10-14-7-6-8-16(14)17(13)20-15-11-18(2,3)21-19(4,5)12-15/h13-17,20-21H,6-12H2,1-5H3. The van der Waals surface area contributed by atoms with Crippen LogP contribution in [-0.4, -0.2) is 23.2 Å². The van der Waals surface area contributed by atoms with E-state index in [1.807, 2.05) is 0 Å². The molecule has 4 atom stereocenters. The third-order valence-electron chi connectivity index (χ3n) is 6.40. The second-order valence-electron chi connectivity index (χ2n) is 9.60. The van der Waals surface area contributed by atoms with Gasteiger partial charge in [0.1, 0.15) is 0 Å². The fourth-order valence-corrected chi connectivity index (χ4v) is 5.98. The molecule has 3 rings (SSSR count). The van der Waals surface area contributed by atoms with Gasteiger partial charge in [0.05, 0.1) is 0 Å². The summed E-state index contributed by atoms with van der Waals surface area (Å²) < 4.78 is 0. The number of rotatable bonds is 2. The van der Waals surface area contributed by atoms with Gasteiger partial charge >= 0.3 is 0 Å². The summed E-state index contributed by atoms with van der Waals surface area (Å²) >= 11 is 0. The molecule has 21 heavy (non-hydrogen) atoms. The van der Waals surface area contributed by atoms with E-state index in [4.69, 9.17) is 0 Å². The van der Waals surface area contributed by atoms with Crippen LogP contribution in [0.1, 0.15) is 79.6 Å². The van der Waals surface area contributed by atoms with Gasteiger partial charge < -0.3 is 10.6 Å². The Morgan fingerprint density at radius 2 is 1.57 bits per heavy atom. The first-order valence-electron chi connectivity index (χ1n) is 9.31. The average molecular weight is 293 g/mol. The van der Waals surface area contributed by atoms with Crippen molar-refractivity contribution in [2.24, 2.45) is 17.8 Å². The summed E-state index contributed by atoms with van der Waals surface area (Å²) in [5.41, 5.74) is 0.513. The molecule has 0 aromatic carbocycles. The SMILES string of the molecule is CC1CCC2CCCC2C1NC1CC(C)(C)NC(C)(C)C1. The maximum Gasteiger partial charge on any atom is 0.0144 e. The molecule has 2 heteroatoms. The molecule has 0 amide bonds. The summed E-state index contributed by atoms with van der Waals surface area (Å²) in [5, 5.41) is 7.97. The smallest absolute Gasteiger partial charge is 0.0144 e. The van der Waals surface area contributed by atoms with Gasteiger partial charge in [-0.25, -0.2) is 0 Å². The van der Waals surface area contributed by atoms with E-state index in [0.29, 0.717) is 6.04 Å². The van der Waals surface area contributed by atoms with Gasteiger partial charge in [-0.2, -0.15) is 0 Å². The summed E-state index contributed by atoms with van der Waals surface area (Å²) in [6, 6.07) is 1.46. The lowest BCUT2D eigenvalue weighted by Crippen LogP contribution is -2.63. The van der Waals surface area contributed by atoms with Crippen molar-refractivity contribution in [2.75, 3.05) is 0 Å². The molecular formula is C19H36N2. The molecule has 3 fully saturated rings. The van der Waals surface area contributed by atoms with Gasteiger partial charge in [0.25, 0.3) is 0 Å². The number of fused-ring (bicyclic) bond motifs is 1. The van der Waals surface area contributed by atoms with E-state index in [9.17, 15) is 0 Å². The third kappa shape index (κ3) is 3.47. The molecule has 0 spiro atoms. The highest BCUT2D eigenvalue weighted by molar-refractivity contribution is 5.02. The van der Waals surface area contributed by atoms with Crippen molar-refractivity contribution >= 4 is 0 Å². The summed E-state index contributed by atoms with van der Waals surface area (Å²) in [6.07, 6.45) is 9.91. The van der Waals surface area contributed by atoms with Gasteiger partial charge in [0.15, 0.2) is 0 Å². The van der Waals surface area contributed by atoms with Crippen LogP contribution in [0.2, 0.25) is 0 Å². The van der Waals surface area contributed by atoms with Crippen molar-refractivity contribution < 1.29 is 0 Å². The Morgan fingerprint density at radius 3 is 2.24 bits per heavy atom. The van der Waals surface area contributed by atoms with Gasteiger partial charge in [0, 0.05) is 23.2 Å². The molecular weight excluding hydrogens is 256 g/mol. The zero-order valence-corrected chi connectivity index (χ0v) is 14.8. The van der Waals surface area contributed by atoms with Gasteiger partial charge in [-0.05, 0) is 77.6 Å². The molecule has 4 unspecified atom stereocenters. The van der Waals surface area contributed by atoms with E-state index >= 15 is 0 Å². The predicted octanol–water partition coefficient (Wildman–Crippen LogP) is 4.10. The summed E-state index contributed by atoms with van der Waals surface area (Å²) in [5.74, 6) is 2.86. The number of hydrogen-bond donors (Lipinski definition) is 2. The monoisotopic (exact) mass is 292 g/mol. The van der Waals surface area contributed by atoms with Crippen molar-refractivity contribution in [1.29, 1.82) is 0 Å². The van der Waals surface area contributed by atoms with Crippen LogP contribution >= 0.6 is 0 Å². The van der Waals surface area contributed by atoms with Crippen LogP contribution in [-0.2, 0) is 0 Å². The number of piperidine rings is 1. The molecule has 2 N–H and O–H groups in total. The Morgan fingerprint density at radius 1 is 0.905 bits per heavy atom. The zero-order valence-electron chi connectivity index (χ0n) is 14.8. The Bertz CT molecular complexity index is 358. The minimum Gasteiger partial charge on any atom is -0.311 e. The molecule has 1 saturated heterocycles. The molecule has 0 bridgehead atoms. The first-order chi connectivity index (χ1) is 9.76. The minimum atomic E-state index is 0.256. The largest absolute Gasteiger partial charge is 0.311 e. The zero-order chi connectivity index (χ0) is 15.3. The van der Waals surface area contributed by atoms with Crippen LogP contribution in [0.25, 0.3) is 0 Å². The van der Waals surface area contributed by atoms with Crippen molar-refractivity contribution in [3.8, 4) is 0 Å². The molecule has 1 heterocycles. The first kappa shape index (κ1) is 15.8. The van der Waals surface area contributed by atoms with Crippen LogP contribution in [0.15, 0.2) is 0 Å². The highest BCUT2D eigenvalue weighted by Crippen LogP contribution is 2.45. The molecule has 2 aliphatic carbocycles. The van der Waals surface area contributed by atoms with Crippen LogP contribution in [0.5, 0.6) is 0 Å². The van der Waals surface area contributed by atoms with Crippen LogP contribution in [0.3, 0.4) is 0 Å². The molecule has 1 aliphatic heterocycles. The molecule has 2 nitrogen and oxygen atoms in total. The van der Waals surface area contributed by atoms with Crippen molar-refractivity contribution in [1.82, 2.24) is 10.6 Å². The highest BCUT2D eigenvalue weighted by atomic mass is 15.1. The van der Waals surface area contributed by atoms with E-state index in [-0.39, 0.29) is 11.1 Å². The van der Waals surface area contributed by atoms with Crippen LogP contribution in [0, 0.1) is 17.8 Å². The van der Waals surface area contributed by atoms with E-state index in [1.54, 1.807) is 0 Å². The van der Waals surface area contributed by atoms with Gasteiger partial charge in [-0.3, -0.25) is 0 Å². The van der Waals surface area contributed by atoms with Gasteiger partial charge in [0.2, 0.25) is 0 Å². The fraction of sp³-hybridized carbons (Fsp3) is 1.00. The van der Waals surface area contributed by atoms with E-state index in [2.05, 4.69) is 45.3 Å².